The van der Waals surface area contributed by atoms with Crippen LogP contribution >= 0.6 is 0 Å². The lowest BCUT2D eigenvalue weighted by atomic mass is 10.0. The average molecular weight is 242 g/mol. The Hall–Kier alpha value is -0.120. The summed E-state index contributed by atoms with van der Waals surface area (Å²) in [6, 6.07) is 1.19. The number of ether oxygens (including phenoxy) is 1. The van der Waals surface area contributed by atoms with Crippen molar-refractivity contribution in [3.05, 3.63) is 0 Å². The van der Waals surface area contributed by atoms with Gasteiger partial charge < -0.3 is 10.1 Å². The molecule has 102 valence electrons. The van der Waals surface area contributed by atoms with E-state index < -0.39 is 0 Å². The lowest BCUT2D eigenvalue weighted by molar-refractivity contribution is 0.0768. The molecule has 0 aromatic heterocycles. The van der Waals surface area contributed by atoms with E-state index in [2.05, 4.69) is 37.9 Å². The summed E-state index contributed by atoms with van der Waals surface area (Å²) >= 11 is 0. The Morgan fingerprint density at radius 3 is 2.53 bits per heavy atom. The summed E-state index contributed by atoms with van der Waals surface area (Å²) in [6.45, 7) is 13.5. The third-order valence-corrected chi connectivity index (χ3v) is 3.71. The van der Waals surface area contributed by atoms with Crippen LogP contribution in [0.25, 0.3) is 0 Å². The van der Waals surface area contributed by atoms with Gasteiger partial charge in [-0.1, -0.05) is 27.7 Å². The van der Waals surface area contributed by atoms with E-state index in [0.717, 1.165) is 19.1 Å². The molecule has 17 heavy (non-hydrogen) atoms. The smallest absolute Gasteiger partial charge is 0.0620 e. The third-order valence-electron chi connectivity index (χ3n) is 3.71. The van der Waals surface area contributed by atoms with Gasteiger partial charge in [0.15, 0.2) is 0 Å². The zero-order valence-electron chi connectivity index (χ0n) is 12.2. The molecule has 0 aromatic rings. The Morgan fingerprint density at radius 2 is 2.00 bits per heavy atom. The van der Waals surface area contributed by atoms with Crippen molar-refractivity contribution >= 4 is 0 Å². The summed E-state index contributed by atoms with van der Waals surface area (Å²) in [4.78, 5) is 2.61. The minimum Gasteiger partial charge on any atom is -0.383 e. The van der Waals surface area contributed by atoms with Crippen LogP contribution in [-0.2, 0) is 4.74 Å². The predicted molar refractivity (Wildman–Crippen MR) is 73.3 cm³/mol. The van der Waals surface area contributed by atoms with Crippen LogP contribution < -0.4 is 5.32 Å². The van der Waals surface area contributed by atoms with Crippen LogP contribution in [0, 0.1) is 11.8 Å². The zero-order chi connectivity index (χ0) is 12.8. The Balaban J connectivity index is 2.36. The molecule has 1 aliphatic heterocycles. The van der Waals surface area contributed by atoms with Gasteiger partial charge in [-0.15, -0.1) is 0 Å². The van der Waals surface area contributed by atoms with E-state index in [9.17, 15) is 0 Å². The third kappa shape index (κ3) is 4.94. The summed E-state index contributed by atoms with van der Waals surface area (Å²) in [5.41, 5.74) is 0. The second-order valence-electron chi connectivity index (χ2n) is 5.98. The molecular weight excluding hydrogens is 212 g/mol. The first-order valence-corrected chi connectivity index (χ1v) is 7.01. The Morgan fingerprint density at radius 1 is 1.29 bits per heavy atom. The van der Waals surface area contributed by atoms with Gasteiger partial charge in [-0.3, -0.25) is 4.90 Å². The molecular formula is C14H30N2O. The van der Waals surface area contributed by atoms with E-state index in [1.807, 2.05) is 7.11 Å². The Labute approximate surface area is 107 Å². The molecule has 0 amide bonds. The van der Waals surface area contributed by atoms with E-state index in [4.69, 9.17) is 4.74 Å². The van der Waals surface area contributed by atoms with Crippen molar-refractivity contribution in [3.8, 4) is 0 Å². The van der Waals surface area contributed by atoms with Gasteiger partial charge in [-0.05, 0) is 31.3 Å². The molecule has 3 heteroatoms. The number of methoxy groups -OCH3 is 1. The van der Waals surface area contributed by atoms with Crippen LogP contribution in [0.1, 0.15) is 34.1 Å². The summed E-state index contributed by atoms with van der Waals surface area (Å²) < 4.78 is 5.35. The Kier molecular flexibility index (Phi) is 6.45. The van der Waals surface area contributed by atoms with Gasteiger partial charge >= 0.3 is 0 Å². The molecule has 0 radical (unpaired) electrons. The molecule has 1 fully saturated rings. The fourth-order valence-corrected chi connectivity index (χ4v) is 2.62. The molecule has 0 saturated carbocycles. The lowest BCUT2D eigenvalue weighted by Gasteiger charge is -2.30. The summed E-state index contributed by atoms with van der Waals surface area (Å²) in [7, 11) is 1.81. The van der Waals surface area contributed by atoms with Gasteiger partial charge in [-0.2, -0.15) is 0 Å². The lowest BCUT2D eigenvalue weighted by Crippen LogP contribution is -2.41. The second kappa shape index (κ2) is 7.34. The molecule has 0 aliphatic carbocycles. The molecule has 1 rings (SSSR count). The van der Waals surface area contributed by atoms with E-state index in [1.54, 1.807) is 0 Å². The summed E-state index contributed by atoms with van der Waals surface area (Å²) in [6.07, 6.45) is 1.33. The number of hydrogen-bond donors (Lipinski definition) is 1. The standard InChI is InChI=1S/C14H30N2O/c1-11(2)14(10-17-5)16-7-6-13(9-16)8-15-12(3)4/h11-15H,6-10H2,1-5H3. The molecule has 1 saturated heterocycles. The minimum atomic E-state index is 0.587. The van der Waals surface area contributed by atoms with Crippen molar-refractivity contribution < 1.29 is 4.74 Å². The van der Waals surface area contributed by atoms with Gasteiger partial charge in [0.05, 0.1) is 6.61 Å². The van der Waals surface area contributed by atoms with E-state index in [0.29, 0.717) is 18.0 Å². The SMILES string of the molecule is COCC(C(C)C)N1CCC(CNC(C)C)C1. The monoisotopic (exact) mass is 242 g/mol. The molecule has 1 aliphatic rings. The van der Waals surface area contributed by atoms with E-state index in [1.165, 1.54) is 19.5 Å². The van der Waals surface area contributed by atoms with Crippen LogP contribution in [-0.4, -0.2) is 50.3 Å². The first-order chi connectivity index (χ1) is 8.04. The number of nitrogens with zero attached hydrogens (tertiary/aromatic N) is 1. The first kappa shape index (κ1) is 14.9. The van der Waals surface area contributed by atoms with E-state index >= 15 is 0 Å². The molecule has 2 unspecified atom stereocenters. The van der Waals surface area contributed by atoms with Crippen molar-refractivity contribution in [2.75, 3.05) is 33.4 Å². The van der Waals surface area contributed by atoms with Crippen molar-refractivity contribution in [3.63, 3.8) is 0 Å². The van der Waals surface area contributed by atoms with Crippen LogP contribution in [0.15, 0.2) is 0 Å². The maximum Gasteiger partial charge on any atom is 0.0620 e. The number of likely N-dealkylation sites (tertiary alicyclic amines) is 1. The molecule has 1 N–H and O–H groups in total. The molecule has 1 heterocycles. The van der Waals surface area contributed by atoms with Crippen molar-refractivity contribution in [1.82, 2.24) is 10.2 Å². The Bertz CT molecular complexity index is 206. The van der Waals surface area contributed by atoms with Gasteiger partial charge in [0, 0.05) is 25.7 Å². The highest BCUT2D eigenvalue weighted by molar-refractivity contribution is 4.84. The molecule has 2 atom stereocenters. The highest BCUT2D eigenvalue weighted by Crippen LogP contribution is 2.22. The van der Waals surface area contributed by atoms with Crippen LogP contribution in [0.2, 0.25) is 0 Å². The van der Waals surface area contributed by atoms with Crippen LogP contribution in [0.4, 0.5) is 0 Å². The van der Waals surface area contributed by atoms with E-state index in [-0.39, 0.29) is 0 Å². The highest BCUT2D eigenvalue weighted by Gasteiger charge is 2.29. The average Bonchev–Trinajstić information content (AvgIpc) is 2.71. The van der Waals surface area contributed by atoms with Gasteiger partial charge in [0.2, 0.25) is 0 Å². The minimum absolute atomic E-state index is 0.587. The van der Waals surface area contributed by atoms with Crippen LogP contribution in [0.3, 0.4) is 0 Å². The van der Waals surface area contributed by atoms with Crippen molar-refractivity contribution in [1.29, 1.82) is 0 Å². The first-order valence-electron chi connectivity index (χ1n) is 7.01. The van der Waals surface area contributed by atoms with Crippen molar-refractivity contribution in [2.24, 2.45) is 11.8 Å². The predicted octanol–water partition coefficient (Wildman–Crippen LogP) is 1.98. The molecule has 0 bridgehead atoms. The maximum atomic E-state index is 5.35. The van der Waals surface area contributed by atoms with Gasteiger partial charge in [0.1, 0.15) is 0 Å². The largest absolute Gasteiger partial charge is 0.383 e. The van der Waals surface area contributed by atoms with Crippen LogP contribution in [0.5, 0.6) is 0 Å². The summed E-state index contributed by atoms with van der Waals surface area (Å²) in [5, 5.41) is 3.55. The fourth-order valence-electron chi connectivity index (χ4n) is 2.62. The number of nitrogens with one attached hydrogen (secondary N) is 1. The topological polar surface area (TPSA) is 24.5 Å². The quantitative estimate of drug-likeness (QED) is 0.739. The second-order valence-corrected chi connectivity index (χ2v) is 5.98. The van der Waals surface area contributed by atoms with Gasteiger partial charge in [-0.25, -0.2) is 0 Å². The zero-order valence-corrected chi connectivity index (χ0v) is 12.2. The maximum absolute atomic E-state index is 5.35. The van der Waals surface area contributed by atoms with Crippen molar-refractivity contribution in [2.45, 2.75) is 46.2 Å². The fraction of sp³-hybridized carbons (Fsp3) is 1.00. The molecule has 0 spiro atoms. The highest BCUT2D eigenvalue weighted by atomic mass is 16.5. The molecule has 0 aromatic carbocycles. The number of rotatable bonds is 7. The van der Waals surface area contributed by atoms with Gasteiger partial charge in [0.25, 0.3) is 0 Å². The summed E-state index contributed by atoms with van der Waals surface area (Å²) in [5.74, 6) is 1.49. The number of hydrogen-bond acceptors (Lipinski definition) is 3. The normalized spacial score (nSPS) is 23.8. The molecule has 3 nitrogen and oxygen atoms in total.